The second kappa shape index (κ2) is 10.4. The number of nitrogens with one attached hydrogen (secondary N) is 2. The fraction of sp³-hybridized carbons (Fsp3) is 0.370. The minimum Gasteiger partial charge on any atom is -0.463 e. The number of hydrogen-bond acceptors (Lipinski definition) is 4. The molecule has 0 radical (unpaired) electrons. The molecule has 2 aromatic carbocycles. The summed E-state index contributed by atoms with van der Waals surface area (Å²) in [6, 6.07) is 14.6. The van der Waals surface area contributed by atoms with Gasteiger partial charge >= 0.3 is 5.97 Å². The van der Waals surface area contributed by atoms with Crippen molar-refractivity contribution < 1.29 is 14.3 Å². The number of rotatable bonds is 6. The Morgan fingerprint density at radius 1 is 1.12 bits per heavy atom. The van der Waals surface area contributed by atoms with E-state index in [0.717, 1.165) is 11.3 Å². The fourth-order valence-electron chi connectivity index (χ4n) is 4.01. The topological polar surface area (TPSA) is 70.7 Å². The summed E-state index contributed by atoms with van der Waals surface area (Å²) in [4.78, 5) is 27.6. The third-order valence-electron chi connectivity index (χ3n) is 5.90. The summed E-state index contributed by atoms with van der Waals surface area (Å²) >= 11 is 5.55. The lowest BCUT2D eigenvalue weighted by molar-refractivity contribution is -0.139. The smallest absolute Gasteiger partial charge is 0.338 e. The van der Waals surface area contributed by atoms with E-state index < -0.39 is 6.04 Å². The SMILES string of the molecule is CCOC(=O)C1=C(C)N(CC)C(=S)NC1c1cccc(NC(=O)c2ccc(C(C)(C)C)cc2)c1. The van der Waals surface area contributed by atoms with E-state index in [4.69, 9.17) is 17.0 Å². The Morgan fingerprint density at radius 3 is 2.38 bits per heavy atom. The Bertz CT molecular complexity index is 1120. The number of carbonyl (C=O) groups excluding carboxylic acids is 2. The molecule has 1 heterocycles. The summed E-state index contributed by atoms with van der Waals surface area (Å²) in [6.45, 7) is 13.0. The molecule has 3 rings (SSSR count). The molecule has 180 valence electrons. The van der Waals surface area contributed by atoms with Gasteiger partial charge in [-0.25, -0.2) is 4.79 Å². The average Bonchev–Trinajstić information content (AvgIpc) is 2.78. The third kappa shape index (κ3) is 5.47. The molecule has 0 spiro atoms. The van der Waals surface area contributed by atoms with E-state index in [0.29, 0.717) is 28.5 Å². The van der Waals surface area contributed by atoms with Gasteiger partial charge in [-0.05, 0) is 73.8 Å². The molecule has 34 heavy (non-hydrogen) atoms. The van der Waals surface area contributed by atoms with E-state index in [2.05, 4.69) is 31.4 Å². The third-order valence-corrected chi connectivity index (χ3v) is 6.24. The number of hydrogen-bond donors (Lipinski definition) is 2. The highest BCUT2D eigenvalue weighted by atomic mass is 32.1. The number of carbonyl (C=O) groups is 2. The van der Waals surface area contributed by atoms with Gasteiger partial charge in [0.25, 0.3) is 5.91 Å². The van der Waals surface area contributed by atoms with E-state index in [-0.39, 0.29) is 23.9 Å². The second-order valence-corrected chi connectivity index (χ2v) is 9.64. The Hall–Kier alpha value is -3.19. The zero-order valence-corrected chi connectivity index (χ0v) is 21.5. The first kappa shape index (κ1) is 25.4. The molecule has 0 saturated heterocycles. The number of amides is 1. The number of benzene rings is 2. The van der Waals surface area contributed by atoms with Crippen LogP contribution in [0.3, 0.4) is 0 Å². The monoisotopic (exact) mass is 479 g/mol. The van der Waals surface area contributed by atoms with Crippen molar-refractivity contribution >= 4 is 34.9 Å². The first-order chi connectivity index (χ1) is 16.1. The molecule has 1 aliphatic rings. The van der Waals surface area contributed by atoms with Gasteiger partial charge in [-0.1, -0.05) is 45.0 Å². The Kier molecular flexibility index (Phi) is 7.77. The molecule has 2 aromatic rings. The van der Waals surface area contributed by atoms with Crippen LogP contribution in [-0.4, -0.2) is 35.0 Å². The van der Waals surface area contributed by atoms with E-state index >= 15 is 0 Å². The van der Waals surface area contributed by atoms with Crippen molar-refractivity contribution in [3.05, 3.63) is 76.5 Å². The first-order valence-corrected chi connectivity index (χ1v) is 11.9. The lowest BCUT2D eigenvalue weighted by Gasteiger charge is -2.37. The van der Waals surface area contributed by atoms with Crippen LogP contribution in [0.2, 0.25) is 0 Å². The maximum Gasteiger partial charge on any atom is 0.338 e. The van der Waals surface area contributed by atoms with E-state index in [1.165, 1.54) is 5.56 Å². The van der Waals surface area contributed by atoms with Crippen molar-refractivity contribution in [1.29, 1.82) is 0 Å². The molecule has 6 nitrogen and oxygen atoms in total. The van der Waals surface area contributed by atoms with Gasteiger partial charge in [-0.3, -0.25) is 4.79 Å². The highest BCUT2D eigenvalue weighted by molar-refractivity contribution is 7.80. The van der Waals surface area contributed by atoms with Crippen LogP contribution in [-0.2, 0) is 14.9 Å². The predicted octanol–water partition coefficient (Wildman–Crippen LogP) is 5.32. The van der Waals surface area contributed by atoms with Gasteiger partial charge in [0.05, 0.1) is 18.2 Å². The number of thiocarbonyl (C=S) groups is 1. The predicted molar refractivity (Wildman–Crippen MR) is 140 cm³/mol. The van der Waals surface area contributed by atoms with Crippen LogP contribution < -0.4 is 10.6 Å². The second-order valence-electron chi connectivity index (χ2n) is 9.25. The molecular formula is C27H33N3O3S. The highest BCUT2D eigenvalue weighted by Crippen LogP contribution is 2.32. The zero-order valence-electron chi connectivity index (χ0n) is 20.7. The lowest BCUT2D eigenvalue weighted by atomic mass is 9.86. The molecule has 1 amide bonds. The molecule has 0 bridgehead atoms. The highest BCUT2D eigenvalue weighted by Gasteiger charge is 2.34. The Labute approximate surface area is 207 Å². The summed E-state index contributed by atoms with van der Waals surface area (Å²) in [5.74, 6) is -0.578. The summed E-state index contributed by atoms with van der Waals surface area (Å²) in [6.07, 6.45) is 0. The van der Waals surface area contributed by atoms with Crippen LogP contribution in [0.4, 0.5) is 5.69 Å². The quantitative estimate of drug-likeness (QED) is 0.431. The fourth-order valence-corrected chi connectivity index (χ4v) is 4.39. The van der Waals surface area contributed by atoms with E-state index in [9.17, 15) is 9.59 Å². The van der Waals surface area contributed by atoms with Gasteiger partial charge in [-0.2, -0.15) is 0 Å². The molecule has 1 aliphatic heterocycles. The van der Waals surface area contributed by atoms with E-state index in [1.54, 1.807) is 6.92 Å². The molecule has 0 aromatic heterocycles. The molecule has 2 N–H and O–H groups in total. The van der Waals surface area contributed by atoms with Crippen molar-refractivity contribution in [2.75, 3.05) is 18.5 Å². The van der Waals surface area contributed by atoms with Gasteiger partial charge in [0, 0.05) is 23.5 Å². The summed E-state index contributed by atoms with van der Waals surface area (Å²) in [7, 11) is 0. The largest absolute Gasteiger partial charge is 0.463 e. The van der Waals surface area contributed by atoms with Gasteiger partial charge in [0.15, 0.2) is 5.11 Å². The maximum absolute atomic E-state index is 12.9. The maximum atomic E-state index is 12.9. The summed E-state index contributed by atoms with van der Waals surface area (Å²) in [5, 5.41) is 6.78. The van der Waals surface area contributed by atoms with Crippen LogP contribution >= 0.6 is 12.2 Å². The normalized spacial score (nSPS) is 16.2. The zero-order chi connectivity index (χ0) is 25.0. The van der Waals surface area contributed by atoms with Crippen molar-refractivity contribution in [3.8, 4) is 0 Å². The van der Waals surface area contributed by atoms with Crippen molar-refractivity contribution in [1.82, 2.24) is 10.2 Å². The number of esters is 1. The van der Waals surface area contributed by atoms with Crippen LogP contribution in [0.5, 0.6) is 0 Å². The molecule has 1 unspecified atom stereocenters. The molecule has 7 heteroatoms. The number of allylic oxidation sites excluding steroid dienone is 1. The summed E-state index contributed by atoms with van der Waals surface area (Å²) < 4.78 is 5.34. The van der Waals surface area contributed by atoms with Gasteiger partial charge in [0.1, 0.15) is 0 Å². The Balaban J connectivity index is 1.89. The van der Waals surface area contributed by atoms with Crippen molar-refractivity contribution in [3.63, 3.8) is 0 Å². The van der Waals surface area contributed by atoms with Crippen LogP contribution in [0, 0.1) is 0 Å². The molecule has 0 fully saturated rings. The standard InChI is InChI=1S/C27H33N3O3S/c1-7-30-17(3)22(25(32)33-8-2)23(29-26(30)34)19-10-9-11-21(16-19)28-24(31)18-12-14-20(15-13-18)27(4,5)6/h9-16,23H,7-8H2,1-6H3,(H,28,31)(H,29,34). The average molecular weight is 480 g/mol. The number of nitrogens with zero attached hydrogens (tertiary/aromatic N) is 1. The Morgan fingerprint density at radius 2 is 1.79 bits per heavy atom. The van der Waals surface area contributed by atoms with Crippen LogP contribution in [0.1, 0.15) is 69.1 Å². The van der Waals surface area contributed by atoms with Gasteiger partial charge in [-0.15, -0.1) is 0 Å². The minimum absolute atomic E-state index is 0.0204. The van der Waals surface area contributed by atoms with Crippen molar-refractivity contribution in [2.24, 2.45) is 0 Å². The first-order valence-electron chi connectivity index (χ1n) is 11.5. The van der Waals surface area contributed by atoms with Crippen LogP contribution in [0.25, 0.3) is 0 Å². The molecule has 0 saturated carbocycles. The van der Waals surface area contributed by atoms with Gasteiger partial charge < -0.3 is 20.3 Å². The molecule has 1 atom stereocenters. The lowest BCUT2D eigenvalue weighted by Crippen LogP contribution is -2.47. The molecular weight excluding hydrogens is 446 g/mol. The molecule has 0 aliphatic carbocycles. The van der Waals surface area contributed by atoms with Gasteiger partial charge in [0.2, 0.25) is 0 Å². The summed E-state index contributed by atoms with van der Waals surface area (Å²) in [5.41, 5.74) is 4.49. The number of ether oxygens (including phenoxy) is 1. The van der Waals surface area contributed by atoms with Crippen molar-refractivity contribution in [2.45, 2.75) is 53.0 Å². The van der Waals surface area contributed by atoms with Crippen LogP contribution in [0.15, 0.2) is 59.8 Å². The van der Waals surface area contributed by atoms with E-state index in [1.807, 2.05) is 67.3 Å². The number of anilines is 1. The minimum atomic E-state index is -0.475.